The molecule has 1 fully saturated rings. The standard InChI is InChI=1S/C18H12F3N5O/c19-18(20,21)14-8-12(10-6-7-10)22-15-9-13(25-26(14)15)17-24-23-16(27-17)11-4-2-1-3-5-11/h1-5,8-10H,6-7H2. The molecular formula is C18H12F3N5O. The average molecular weight is 371 g/mol. The van der Waals surface area contributed by atoms with Crippen molar-refractivity contribution in [2.24, 2.45) is 0 Å². The van der Waals surface area contributed by atoms with Gasteiger partial charge in [0.1, 0.15) is 5.69 Å². The Bertz CT molecular complexity index is 1130. The molecular weight excluding hydrogens is 359 g/mol. The third kappa shape index (κ3) is 2.84. The Balaban J connectivity index is 1.62. The Morgan fingerprint density at radius 1 is 1.00 bits per heavy atom. The Morgan fingerprint density at radius 3 is 2.44 bits per heavy atom. The van der Waals surface area contributed by atoms with Gasteiger partial charge in [0.15, 0.2) is 11.3 Å². The van der Waals surface area contributed by atoms with E-state index in [-0.39, 0.29) is 29.0 Å². The topological polar surface area (TPSA) is 69.1 Å². The maximum atomic E-state index is 13.5. The molecule has 0 saturated heterocycles. The fourth-order valence-electron chi connectivity index (χ4n) is 2.91. The van der Waals surface area contributed by atoms with Crippen molar-refractivity contribution >= 4 is 5.65 Å². The second-order valence-electron chi connectivity index (χ2n) is 6.42. The van der Waals surface area contributed by atoms with Crippen molar-refractivity contribution in [1.82, 2.24) is 24.8 Å². The lowest BCUT2D eigenvalue weighted by molar-refractivity contribution is -0.142. The first-order valence-corrected chi connectivity index (χ1v) is 8.36. The van der Waals surface area contributed by atoms with Gasteiger partial charge >= 0.3 is 6.18 Å². The summed E-state index contributed by atoms with van der Waals surface area (Å²) in [5.74, 6) is 0.397. The average Bonchev–Trinajstić information content (AvgIpc) is 3.23. The summed E-state index contributed by atoms with van der Waals surface area (Å²) in [6.45, 7) is 0. The van der Waals surface area contributed by atoms with Crippen molar-refractivity contribution < 1.29 is 17.6 Å². The van der Waals surface area contributed by atoms with E-state index in [4.69, 9.17) is 4.42 Å². The molecule has 0 aliphatic heterocycles. The molecule has 1 aromatic carbocycles. The highest BCUT2D eigenvalue weighted by Crippen LogP contribution is 2.41. The van der Waals surface area contributed by atoms with E-state index < -0.39 is 11.9 Å². The monoisotopic (exact) mass is 371 g/mol. The van der Waals surface area contributed by atoms with Crippen LogP contribution in [0.5, 0.6) is 0 Å². The fourth-order valence-corrected chi connectivity index (χ4v) is 2.91. The van der Waals surface area contributed by atoms with Crippen LogP contribution in [0.2, 0.25) is 0 Å². The molecule has 136 valence electrons. The van der Waals surface area contributed by atoms with Gasteiger partial charge in [-0.05, 0) is 31.0 Å². The first kappa shape index (κ1) is 16.0. The minimum absolute atomic E-state index is 0.0421. The van der Waals surface area contributed by atoms with Gasteiger partial charge in [-0.1, -0.05) is 18.2 Å². The number of hydrogen-bond acceptors (Lipinski definition) is 5. The van der Waals surface area contributed by atoms with Crippen molar-refractivity contribution in [2.75, 3.05) is 0 Å². The van der Waals surface area contributed by atoms with Crippen LogP contribution in [-0.4, -0.2) is 24.8 Å². The molecule has 4 aromatic rings. The van der Waals surface area contributed by atoms with Crippen molar-refractivity contribution in [3.63, 3.8) is 0 Å². The van der Waals surface area contributed by atoms with E-state index in [0.29, 0.717) is 11.3 Å². The predicted molar refractivity (Wildman–Crippen MR) is 88.7 cm³/mol. The number of halogens is 3. The molecule has 0 atom stereocenters. The van der Waals surface area contributed by atoms with Gasteiger partial charge in [-0.2, -0.15) is 18.3 Å². The number of alkyl halides is 3. The maximum Gasteiger partial charge on any atom is 0.433 e. The van der Waals surface area contributed by atoms with Gasteiger partial charge in [-0.3, -0.25) is 0 Å². The van der Waals surface area contributed by atoms with Gasteiger partial charge in [0, 0.05) is 23.2 Å². The number of benzene rings is 1. The van der Waals surface area contributed by atoms with E-state index in [1.54, 1.807) is 12.1 Å². The summed E-state index contributed by atoms with van der Waals surface area (Å²) >= 11 is 0. The Hall–Kier alpha value is -3.23. The minimum Gasteiger partial charge on any atom is -0.415 e. The molecule has 3 heterocycles. The molecule has 27 heavy (non-hydrogen) atoms. The second kappa shape index (κ2) is 5.63. The quantitative estimate of drug-likeness (QED) is 0.536. The van der Waals surface area contributed by atoms with Gasteiger partial charge in [-0.15, -0.1) is 10.2 Å². The molecule has 3 aromatic heterocycles. The summed E-state index contributed by atoms with van der Waals surface area (Å²) < 4.78 is 46.8. The summed E-state index contributed by atoms with van der Waals surface area (Å²) in [5.41, 5.74) is 0.558. The Morgan fingerprint density at radius 2 is 1.74 bits per heavy atom. The zero-order chi connectivity index (χ0) is 18.6. The lowest BCUT2D eigenvalue weighted by atomic mass is 10.2. The molecule has 0 bridgehead atoms. The van der Waals surface area contributed by atoms with Gasteiger partial charge in [0.2, 0.25) is 5.89 Å². The summed E-state index contributed by atoms with van der Waals surface area (Å²) in [6.07, 6.45) is -2.84. The summed E-state index contributed by atoms with van der Waals surface area (Å²) in [7, 11) is 0. The largest absolute Gasteiger partial charge is 0.433 e. The predicted octanol–water partition coefficient (Wildman–Crippen LogP) is 4.34. The molecule has 0 N–H and O–H groups in total. The van der Waals surface area contributed by atoms with Crippen LogP contribution in [0.15, 0.2) is 46.9 Å². The second-order valence-corrected chi connectivity index (χ2v) is 6.42. The third-order valence-electron chi connectivity index (χ3n) is 4.40. The molecule has 1 saturated carbocycles. The number of fused-ring (bicyclic) bond motifs is 1. The van der Waals surface area contributed by atoms with Gasteiger partial charge in [0.05, 0.1) is 0 Å². The lowest BCUT2D eigenvalue weighted by Gasteiger charge is -2.10. The van der Waals surface area contributed by atoms with Crippen molar-refractivity contribution in [2.45, 2.75) is 24.9 Å². The van der Waals surface area contributed by atoms with E-state index in [0.717, 1.165) is 23.4 Å². The van der Waals surface area contributed by atoms with E-state index in [1.165, 1.54) is 6.07 Å². The summed E-state index contributed by atoms with van der Waals surface area (Å²) in [5, 5.41) is 11.9. The first-order valence-electron chi connectivity index (χ1n) is 8.36. The summed E-state index contributed by atoms with van der Waals surface area (Å²) in [4.78, 5) is 4.33. The highest BCUT2D eigenvalue weighted by molar-refractivity contribution is 5.59. The molecule has 0 spiro atoms. The molecule has 9 heteroatoms. The van der Waals surface area contributed by atoms with Crippen LogP contribution in [0.3, 0.4) is 0 Å². The SMILES string of the molecule is FC(F)(F)c1cc(C2CC2)nc2cc(-c3nnc(-c4ccccc4)o3)nn12. The smallest absolute Gasteiger partial charge is 0.415 e. The Kier molecular flexibility index (Phi) is 3.33. The van der Waals surface area contributed by atoms with E-state index in [9.17, 15) is 13.2 Å². The van der Waals surface area contributed by atoms with Crippen LogP contribution >= 0.6 is 0 Å². The normalized spacial score (nSPS) is 14.8. The highest BCUT2D eigenvalue weighted by Gasteiger charge is 2.37. The number of aromatic nitrogens is 5. The summed E-state index contributed by atoms with van der Waals surface area (Å²) in [6, 6.07) is 11.6. The number of hydrogen-bond donors (Lipinski definition) is 0. The molecule has 1 aliphatic carbocycles. The van der Waals surface area contributed by atoms with Gasteiger partial charge in [-0.25, -0.2) is 9.50 Å². The van der Waals surface area contributed by atoms with E-state index in [2.05, 4.69) is 20.3 Å². The molecule has 6 nitrogen and oxygen atoms in total. The Labute approximate surface area is 150 Å². The number of nitrogens with zero attached hydrogens (tertiary/aromatic N) is 5. The zero-order valence-electron chi connectivity index (χ0n) is 13.8. The van der Waals surface area contributed by atoms with E-state index >= 15 is 0 Å². The van der Waals surface area contributed by atoms with Gasteiger partial charge < -0.3 is 4.42 Å². The van der Waals surface area contributed by atoms with Crippen LogP contribution in [-0.2, 0) is 6.18 Å². The van der Waals surface area contributed by atoms with Crippen molar-refractivity contribution in [1.29, 1.82) is 0 Å². The highest BCUT2D eigenvalue weighted by atomic mass is 19.4. The lowest BCUT2D eigenvalue weighted by Crippen LogP contribution is -2.14. The molecule has 0 amide bonds. The minimum atomic E-state index is -4.54. The van der Waals surface area contributed by atoms with Crippen LogP contribution in [0.4, 0.5) is 13.2 Å². The van der Waals surface area contributed by atoms with Crippen LogP contribution in [0.1, 0.15) is 30.1 Å². The molecule has 1 aliphatic rings. The van der Waals surface area contributed by atoms with Crippen LogP contribution in [0.25, 0.3) is 28.7 Å². The van der Waals surface area contributed by atoms with Crippen LogP contribution < -0.4 is 0 Å². The zero-order valence-corrected chi connectivity index (χ0v) is 13.8. The van der Waals surface area contributed by atoms with Crippen molar-refractivity contribution in [3.05, 3.63) is 53.9 Å². The van der Waals surface area contributed by atoms with Gasteiger partial charge in [0.25, 0.3) is 5.89 Å². The molecule has 5 rings (SSSR count). The van der Waals surface area contributed by atoms with E-state index in [1.807, 2.05) is 18.2 Å². The number of rotatable bonds is 3. The first-order chi connectivity index (χ1) is 13.0. The molecule has 0 radical (unpaired) electrons. The van der Waals surface area contributed by atoms with Crippen molar-refractivity contribution in [3.8, 4) is 23.0 Å². The maximum absolute atomic E-state index is 13.5. The molecule has 0 unspecified atom stereocenters. The van der Waals surface area contributed by atoms with Crippen LogP contribution in [0, 0.1) is 0 Å². The third-order valence-corrected chi connectivity index (χ3v) is 4.40. The fraction of sp³-hybridized carbons (Fsp3) is 0.222.